The van der Waals surface area contributed by atoms with E-state index in [9.17, 15) is 8.78 Å². The van der Waals surface area contributed by atoms with Crippen LogP contribution in [0, 0.1) is 18.6 Å². The maximum atomic E-state index is 14.0. The molecule has 0 spiro atoms. The van der Waals surface area contributed by atoms with E-state index in [1.165, 1.54) is 18.2 Å². The zero-order chi connectivity index (χ0) is 19.4. The van der Waals surface area contributed by atoms with Crippen molar-refractivity contribution in [3.05, 3.63) is 77.5 Å². The Balaban J connectivity index is 1.93. The molecule has 0 fully saturated rings. The van der Waals surface area contributed by atoms with Crippen molar-refractivity contribution >= 4 is 17.5 Å². The van der Waals surface area contributed by atoms with E-state index in [-0.39, 0.29) is 11.7 Å². The van der Waals surface area contributed by atoms with Gasteiger partial charge in [-0.2, -0.15) is 4.98 Å². The maximum absolute atomic E-state index is 14.0. The van der Waals surface area contributed by atoms with Crippen LogP contribution >= 0.6 is 0 Å². The number of nitrogens with zero attached hydrogens (tertiary/aromatic N) is 3. The first-order valence-corrected chi connectivity index (χ1v) is 8.81. The van der Waals surface area contributed by atoms with Crippen molar-refractivity contribution in [2.75, 3.05) is 10.2 Å². The summed E-state index contributed by atoms with van der Waals surface area (Å²) < 4.78 is 27.9. The van der Waals surface area contributed by atoms with Crippen LogP contribution in [0.5, 0.6) is 0 Å². The van der Waals surface area contributed by atoms with Gasteiger partial charge in [0.15, 0.2) is 0 Å². The fourth-order valence-corrected chi connectivity index (χ4v) is 2.76. The molecule has 1 aromatic heterocycles. The number of aromatic nitrogens is 2. The average Bonchev–Trinajstić information content (AvgIpc) is 2.63. The zero-order valence-corrected chi connectivity index (χ0v) is 15.6. The second-order valence-corrected chi connectivity index (χ2v) is 6.62. The lowest BCUT2D eigenvalue weighted by atomic mass is 10.2. The molecule has 0 atom stereocenters. The van der Waals surface area contributed by atoms with Gasteiger partial charge in [0.1, 0.15) is 23.1 Å². The highest BCUT2D eigenvalue weighted by atomic mass is 19.1. The van der Waals surface area contributed by atoms with E-state index >= 15 is 0 Å². The summed E-state index contributed by atoms with van der Waals surface area (Å²) in [5.74, 6) is -0.482. The molecule has 3 aromatic rings. The normalized spacial score (nSPS) is 10.9. The fourth-order valence-electron chi connectivity index (χ4n) is 2.76. The van der Waals surface area contributed by atoms with Crippen LogP contribution in [0.3, 0.4) is 0 Å². The number of aryl methyl sites for hydroxylation is 1. The lowest BCUT2D eigenvalue weighted by Gasteiger charge is -2.27. The number of hydrogen-bond donors (Lipinski definition) is 1. The van der Waals surface area contributed by atoms with Crippen molar-refractivity contribution in [3.63, 3.8) is 0 Å². The van der Waals surface area contributed by atoms with Gasteiger partial charge in [-0.05, 0) is 38.5 Å². The van der Waals surface area contributed by atoms with Gasteiger partial charge in [-0.3, -0.25) is 0 Å². The number of benzene rings is 2. The van der Waals surface area contributed by atoms with Crippen LogP contribution in [-0.4, -0.2) is 16.0 Å². The van der Waals surface area contributed by atoms with Crippen molar-refractivity contribution in [2.24, 2.45) is 0 Å². The van der Waals surface area contributed by atoms with E-state index in [2.05, 4.69) is 29.1 Å². The zero-order valence-electron chi connectivity index (χ0n) is 15.6. The summed E-state index contributed by atoms with van der Waals surface area (Å²) in [5, 5.41) is 2.75. The maximum Gasteiger partial charge on any atom is 0.228 e. The highest BCUT2D eigenvalue weighted by Gasteiger charge is 2.17. The van der Waals surface area contributed by atoms with Crippen LogP contribution in [0.25, 0.3) is 0 Å². The summed E-state index contributed by atoms with van der Waals surface area (Å²) in [6.45, 7) is 6.57. The third kappa shape index (κ3) is 4.58. The van der Waals surface area contributed by atoms with Gasteiger partial charge in [-0.25, -0.2) is 13.8 Å². The average molecular weight is 368 g/mol. The number of para-hydroxylation sites is 1. The molecule has 1 N–H and O–H groups in total. The molecule has 0 bridgehead atoms. The molecule has 1 heterocycles. The second-order valence-electron chi connectivity index (χ2n) is 6.62. The van der Waals surface area contributed by atoms with Gasteiger partial charge in [-0.15, -0.1) is 0 Å². The molecule has 0 aliphatic carbocycles. The minimum Gasteiger partial charge on any atom is -0.335 e. The molecule has 0 aliphatic rings. The topological polar surface area (TPSA) is 41.1 Å². The predicted octanol–water partition coefficient (Wildman–Crippen LogP) is 5.22. The Labute approximate surface area is 157 Å². The van der Waals surface area contributed by atoms with E-state index in [1.54, 1.807) is 6.07 Å². The third-order valence-corrected chi connectivity index (χ3v) is 4.13. The molecule has 140 valence electrons. The first-order chi connectivity index (χ1) is 12.9. The molecule has 0 aliphatic heterocycles. The highest BCUT2D eigenvalue weighted by Crippen LogP contribution is 2.25. The second kappa shape index (κ2) is 8.12. The predicted molar refractivity (Wildman–Crippen MR) is 104 cm³/mol. The Bertz CT molecular complexity index is 893. The lowest BCUT2D eigenvalue weighted by Crippen LogP contribution is -2.32. The molecule has 4 nitrogen and oxygen atoms in total. The molecule has 0 unspecified atom stereocenters. The lowest BCUT2D eigenvalue weighted by molar-refractivity contribution is 0.590. The Kier molecular flexibility index (Phi) is 5.64. The van der Waals surface area contributed by atoms with Crippen LogP contribution < -0.4 is 10.2 Å². The smallest absolute Gasteiger partial charge is 0.228 e. The molecule has 0 radical (unpaired) electrons. The number of halogens is 2. The summed E-state index contributed by atoms with van der Waals surface area (Å²) in [5.41, 5.74) is 1.62. The van der Waals surface area contributed by atoms with Gasteiger partial charge in [0.2, 0.25) is 5.95 Å². The summed E-state index contributed by atoms with van der Waals surface area (Å²) in [4.78, 5) is 11.1. The number of rotatable bonds is 6. The van der Waals surface area contributed by atoms with E-state index in [1.807, 2.05) is 42.2 Å². The van der Waals surface area contributed by atoms with E-state index in [0.29, 0.717) is 24.0 Å². The Hall–Kier alpha value is -3.02. The minimum absolute atomic E-state index is 0.144. The molecule has 2 aromatic carbocycles. The van der Waals surface area contributed by atoms with Gasteiger partial charge in [0.05, 0.1) is 0 Å². The number of nitrogens with one attached hydrogen (secondary N) is 1. The monoisotopic (exact) mass is 368 g/mol. The molecular formula is C21H22F2N4. The van der Waals surface area contributed by atoms with Gasteiger partial charge >= 0.3 is 0 Å². The van der Waals surface area contributed by atoms with Crippen LogP contribution in [0.1, 0.15) is 25.1 Å². The van der Waals surface area contributed by atoms with Crippen molar-refractivity contribution in [3.8, 4) is 0 Å². The summed E-state index contributed by atoms with van der Waals surface area (Å²) in [7, 11) is 0. The number of anilines is 3. The largest absolute Gasteiger partial charge is 0.335 e. The van der Waals surface area contributed by atoms with Crippen molar-refractivity contribution < 1.29 is 8.78 Å². The fraction of sp³-hybridized carbons (Fsp3) is 0.238. The minimum atomic E-state index is -0.669. The molecule has 0 saturated carbocycles. The molecule has 0 amide bonds. The molecule has 0 saturated heterocycles. The van der Waals surface area contributed by atoms with Crippen molar-refractivity contribution in [1.82, 2.24) is 9.97 Å². The SMILES string of the molecule is Cc1cc(Nc2c(F)cccc2F)nc(N(Cc2ccccc2)C(C)C)n1. The van der Waals surface area contributed by atoms with E-state index in [0.717, 1.165) is 5.56 Å². The molecule has 6 heteroatoms. The van der Waals surface area contributed by atoms with Crippen molar-refractivity contribution in [2.45, 2.75) is 33.4 Å². The summed E-state index contributed by atoms with van der Waals surface area (Å²) in [6.07, 6.45) is 0. The Morgan fingerprint density at radius 1 is 0.963 bits per heavy atom. The molecule has 3 rings (SSSR count). The van der Waals surface area contributed by atoms with E-state index < -0.39 is 11.6 Å². The molecular weight excluding hydrogens is 346 g/mol. The van der Waals surface area contributed by atoms with Gasteiger partial charge in [0.25, 0.3) is 0 Å². The van der Waals surface area contributed by atoms with Gasteiger partial charge in [0, 0.05) is 24.3 Å². The van der Waals surface area contributed by atoms with Gasteiger partial charge < -0.3 is 10.2 Å². The third-order valence-electron chi connectivity index (χ3n) is 4.13. The summed E-state index contributed by atoms with van der Waals surface area (Å²) in [6, 6.07) is 15.6. The number of hydrogen-bond acceptors (Lipinski definition) is 4. The first-order valence-electron chi connectivity index (χ1n) is 8.81. The molecule has 27 heavy (non-hydrogen) atoms. The van der Waals surface area contributed by atoms with Crippen LogP contribution in [0.2, 0.25) is 0 Å². The quantitative estimate of drug-likeness (QED) is 0.647. The Morgan fingerprint density at radius 2 is 1.63 bits per heavy atom. The van der Waals surface area contributed by atoms with Crippen LogP contribution in [-0.2, 0) is 6.54 Å². The first kappa shape index (κ1) is 18.8. The van der Waals surface area contributed by atoms with Crippen LogP contribution in [0.4, 0.5) is 26.2 Å². The standard InChI is InChI=1S/C21H22F2N4/c1-14(2)27(13-16-8-5-4-6-9-16)21-24-15(3)12-19(26-21)25-20-17(22)10-7-11-18(20)23/h4-12,14H,13H2,1-3H3,(H,24,25,26). The highest BCUT2D eigenvalue weighted by molar-refractivity contribution is 5.59. The van der Waals surface area contributed by atoms with Crippen LogP contribution in [0.15, 0.2) is 54.6 Å². The van der Waals surface area contributed by atoms with Gasteiger partial charge in [-0.1, -0.05) is 36.4 Å². The van der Waals surface area contributed by atoms with E-state index in [4.69, 9.17) is 0 Å². The Morgan fingerprint density at radius 3 is 2.26 bits per heavy atom. The summed E-state index contributed by atoms with van der Waals surface area (Å²) >= 11 is 0. The van der Waals surface area contributed by atoms with Crippen molar-refractivity contribution in [1.29, 1.82) is 0 Å².